The highest BCUT2D eigenvalue weighted by Crippen LogP contribution is 2.37. The molecule has 1 atom stereocenters. The highest BCUT2D eigenvalue weighted by atomic mass is 16.4. The monoisotopic (exact) mass is 204 g/mol. The lowest BCUT2D eigenvalue weighted by atomic mass is 9.73. The zero-order valence-electron chi connectivity index (χ0n) is 8.73. The van der Waals surface area contributed by atoms with E-state index in [9.17, 15) is 4.79 Å². The van der Waals surface area contributed by atoms with Crippen LogP contribution in [0.2, 0.25) is 0 Å². The van der Waals surface area contributed by atoms with Crippen molar-refractivity contribution in [3.8, 4) is 0 Å². The molecule has 80 valence electrons. The predicted octanol–water partition coefficient (Wildman–Crippen LogP) is 2.93. The van der Waals surface area contributed by atoms with Gasteiger partial charge in [-0.25, -0.2) is 4.79 Å². The second kappa shape index (κ2) is 4.47. The van der Waals surface area contributed by atoms with Gasteiger partial charge in [0.15, 0.2) is 0 Å². The molecule has 0 saturated heterocycles. The third-order valence-corrected chi connectivity index (χ3v) is 3.34. The number of hydrogen-bond acceptors (Lipinski definition) is 1. The van der Waals surface area contributed by atoms with Gasteiger partial charge in [0.25, 0.3) is 0 Å². The maximum atomic E-state index is 10.3. The SMILES string of the molecule is O=C(O)/C=C\C1=CCC(C2CCC2)C=C1. The Morgan fingerprint density at radius 3 is 2.73 bits per heavy atom. The van der Waals surface area contributed by atoms with Crippen LogP contribution in [0.4, 0.5) is 0 Å². The van der Waals surface area contributed by atoms with Gasteiger partial charge in [0.2, 0.25) is 0 Å². The fourth-order valence-corrected chi connectivity index (χ4v) is 2.16. The van der Waals surface area contributed by atoms with Crippen LogP contribution in [0.5, 0.6) is 0 Å². The zero-order valence-corrected chi connectivity index (χ0v) is 8.73. The minimum absolute atomic E-state index is 0.695. The summed E-state index contributed by atoms with van der Waals surface area (Å²) in [7, 11) is 0. The molecule has 1 fully saturated rings. The molecule has 0 aromatic carbocycles. The fraction of sp³-hybridized carbons (Fsp3) is 0.462. The molecule has 0 aromatic heterocycles. The third-order valence-electron chi connectivity index (χ3n) is 3.34. The average Bonchev–Trinajstić information content (AvgIpc) is 2.14. The van der Waals surface area contributed by atoms with E-state index < -0.39 is 5.97 Å². The summed E-state index contributed by atoms with van der Waals surface area (Å²) in [5.74, 6) is 0.689. The number of aliphatic carboxylic acids is 1. The van der Waals surface area contributed by atoms with Crippen molar-refractivity contribution in [2.75, 3.05) is 0 Å². The van der Waals surface area contributed by atoms with Crippen molar-refractivity contribution in [1.82, 2.24) is 0 Å². The number of hydrogen-bond donors (Lipinski definition) is 1. The van der Waals surface area contributed by atoms with Crippen molar-refractivity contribution < 1.29 is 9.90 Å². The maximum Gasteiger partial charge on any atom is 0.328 e. The number of carbonyl (C=O) groups is 1. The molecule has 2 rings (SSSR count). The molecule has 0 amide bonds. The first-order chi connectivity index (χ1) is 7.25. The first-order valence-corrected chi connectivity index (χ1v) is 5.55. The summed E-state index contributed by atoms with van der Waals surface area (Å²) in [5, 5.41) is 8.49. The van der Waals surface area contributed by atoms with Crippen molar-refractivity contribution in [2.45, 2.75) is 25.7 Å². The molecule has 1 unspecified atom stereocenters. The lowest BCUT2D eigenvalue weighted by molar-refractivity contribution is -0.131. The molecule has 0 radical (unpaired) electrons. The minimum Gasteiger partial charge on any atom is -0.478 e. The van der Waals surface area contributed by atoms with Crippen LogP contribution in [0.1, 0.15) is 25.7 Å². The zero-order chi connectivity index (χ0) is 10.7. The van der Waals surface area contributed by atoms with Gasteiger partial charge in [-0.1, -0.05) is 24.6 Å². The molecule has 0 heterocycles. The van der Waals surface area contributed by atoms with Gasteiger partial charge in [0, 0.05) is 6.08 Å². The topological polar surface area (TPSA) is 37.3 Å². The Hall–Kier alpha value is -1.31. The Bertz CT molecular complexity index is 332. The van der Waals surface area contributed by atoms with Crippen molar-refractivity contribution in [1.29, 1.82) is 0 Å². The van der Waals surface area contributed by atoms with E-state index in [0.717, 1.165) is 17.9 Å². The first kappa shape index (κ1) is 10.2. The number of carboxylic acids is 1. The normalized spacial score (nSPS) is 26.4. The Balaban J connectivity index is 1.89. The van der Waals surface area contributed by atoms with Crippen LogP contribution in [0, 0.1) is 11.8 Å². The van der Waals surface area contributed by atoms with Crippen LogP contribution < -0.4 is 0 Å². The fourth-order valence-electron chi connectivity index (χ4n) is 2.16. The quantitative estimate of drug-likeness (QED) is 0.718. The van der Waals surface area contributed by atoms with Gasteiger partial charge < -0.3 is 5.11 Å². The van der Waals surface area contributed by atoms with E-state index in [2.05, 4.69) is 12.2 Å². The molecule has 0 aromatic rings. The Kier molecular flexibility index (Phi) is 3.05. The van der Waals surface area contributed by atoms with Crippen LogP contribution in [-0.2, 0) is 4.79 Å². The van der Waals surface area contributed by atoms with E-state index >= 15 is 0 Å². The molecule has 1 N–H and O–H groups in total. The van der Waals surface area contributed by atoms with Crippen molar-refractivity contribution >= 4 is 5.97 Å². The van der Waals surface area contributed by atoms with Gasteiger partial charge in [-0.05, 0) is 42.7 Å². The molecular formula is C13H16O2. The van der Waals surface area contributed by atoms with Crippen molar-refractivity contribution in [2.24, 2.45) is 11.8 Å². The highest BCUT2D eigenvalue weighted by molar-refractivity contribution is 5.80. The molecule has 2 aliphatic carbocycles. The molecule has 15 heavy (non-hydrogen) atoms. The third kappa shape index (κ3) is 2.58. The lowest BCUT2D eigenvalue weighted by Crippen LogP contribution is -2.20. The number of allylic oxidation sites excluding steroid dienone is 5. The Morgan fingerprint density at radius 1 is 1.47 bits per heavy atom. The maximum absolute atomic E-state index is 10.3. The Morgan fingerprint density at radius 2 is 2.27 bits per heavy atom. The van der Waals surface area contributed by atoms with Gasteiger partial charge in [-0.15, -0.1) is 0 Å². The highest BCUT2D eigenvalue weighted by Gasteiger charge is 2.25. The van der Waals surface area contributed by atoms with Gasteiger partial charge in [0.05, 0.1) is 0 Å². The summed E-state index contributed by atoms with van der Waals surface area (Å²) in [5.41, 5.74) is 1.02. The molecule has 0 spiro atoms. The predicted molar refractivity (Wildman–Crippen MR) is 59.4 cm³/mol. The summed E-state index contributed by atoms with van der Waals surface area (Å²) in [6.45, 7) is 0. The summed E-state index contributed by atoms with van der Waals surface area (Å²) in [6, 6.07) is 0. The van der Waals surface area contributed by atoms with E-state index in [-0.39, 0.29) is 0 Å². The summed E-state index contributed by atoms with van der Waals surface area (Å²) in [4.78, 5) is 10.3. The van der Waals surface area contributed by atoms with E-state index in [1.807, 2.05) is 6.08 Å². The van der Waals surface area contributed by atoms with Crippen LogP contribution >= 0.6 is 0 Å². The van der Waals surface area contributed by atoms with Gasteiger partial charge in [0.1, 0.15) is 0 Å². The molecule has 0 aliphatic heterocycles. The minimum atomic E-state index is -0.884. The summed E-state index contributed by atoms with van der Waals surface area (Å²) in [6.07, 6.45) is 14.5. The van der Waals surface area contributed by atoms with Crippen LogP contribution in [0.15, 0.2) is 36.0 Å². The summed E-state index contributed by atoms with van der Waals surface area (Å²) >= 11 is 0. The summed E-state index contributed by atoms with van der Waals surface area (Å²) < 4.78 is 0. The molecule has 1 saturated carbocycles. The van der Waals surface area contributed by atoms with E-state index in [1.54, 1.807) is 6.08 Å². The standard InChI is InChI=1S/C13H16O2/c14-13(15)9-6-10-4-7-12(8-5-10)11-2-1-3-11/h4-7,9,11-12H,1-3,8H2,(H,14,15)/b9-6-. The van der Waals surface area contributed by atoms with Crippen LogP contribution in [0.3, 0.4) is 0 Å². The molecular weight excluding hydrogens is 188 g/mol. The average molecular weight is 204 g/mol. The van der Waals surface area contributed by atoms with E-state index in [4.69, 9.17) is 5.11 Å². The van der Waals surface area contributed by atoms with Gasteiger partial charge in [-0.2, -0.15) is 0 Å². The van der Waals surface area contributed by atoms with Crippen LogP contribution in [0.25, 0.3) is 0 Å². The van der Waals surface area contributed by atoms with Crippen molar-refractivity contribution in [3.63, 3.8) is 0 Å². The number of rotatable bonds is 3. The molecule has 2 nitrogen and oxygen atoms in total. The molecule has 0 bridgehead atoms. The van der Waals surface area contributed by atoms with Crippen LogP contribution in [-0.4, -0.2) is 11.1 Å². The second-order valence-electron chi connectivity index (χ2n) is 4.33. The van der Waals surface area contributed by atoms with E-state index in [1.165, 1.54) is 25.3 Å². The smallest absolute Gasteiger partial charge is 0.328 e. The first-order valence-electron chi connectivity index (χ1n) is 5.55. The Labute approximate surface area is 90.0 Å². The van der Waals surface area contributed by atoms with E-state index in [0.29, 0.717) is 5.92 Å². The molecule has 2 aliphatic rings. The van der Waals surface area contributed by atoms with Gasteiger partial charge in [-0.3, -0.25) is 0 Å². The second-order valence-corrected chi connectivity index (χ2v) is 4.33. The number of carboxylic acid groups (broad SMARTS) is 1. The largest absolute Gasteiger partial charge is 0.478 e. The lowest BCUT2D eigenvalue weighted by Gasteiger charge is -2.32. The molecule has 2 heteroatoms. The van der Waals surface area contributed by atoms with Crippen molar-refractivity contribution in [3.05, 3.63) is 36.0 Å². The van der Waals surface area contributed by atoms with Gasteiger partial charge >= 0.3 is 5.97 Å².